The second kappa shape index (κ2) is 5.24. The Bertz CT molecular complexity index is 647. The Labute approximate surface area is 115 Å². The van der Waals surface area contributed by atoms with E-state index in [-0.39, 0.29) is 40.9 Å². The number of fused-ring (bicyclic) bond motifs is 1. The molecule has 1 aromatic rings. The van der Waals surface area contributed by atoms with Crippen LogP contribution in [0.5, 0.6) is 0 Å². The highest BCUT2D eigenvalue weighted by molar-refractivity contribution is 6.26. The van der Waals surface area contributed by atoms with Gasteiger partial charge in [-0.2, -0.15) is 0 Å². The lowest BCUT2D eigenvalue weighted by atomic mass is 9.88. The normalized spacial score (nSPS) is 14.2. The summed E-state index contributed by atoms with van der Waals surface area (Å²) in [5, 5.41) is 2.57. The van der Waals surface area contributed by atoms with Gasteiger partial charge in [0.15, 0.2) is 11.5 Å². The Morgan fingerprint density at radius 2 is 2.05 bits per heavy atom. The van der Waals surface area contributed by atoms with Gasteiger partial charge in [0.1, 0.15) is 0 Å². The van der Waals surface area contributed by atoms with E-state index in [1.165, 1.54) is 26.3 Å². The maximum atomic E-state index is 12.4. The fourth-order valence-corrected chi connectivity index (χ4v) is 2.12. The molecule has 0 radical (unpaired) electrons. The molecule has 6 nitrogen and oxygen atoms in total. The van der Waals surface area contributed by atoms with E-state index in [9.17, 15) is 14.4 Å². The van der Waals surface area contributed by atoms with Gasteiger partial charge in [-0.15, -0.1) is 0 Å². The molecule has 1 heterocycles. The van der Waals surface area contributed by atoms with Gasteiger partial charge in [0.2, 0.25) is 11.7 Å². The molecule has 20 heavy (non-hydrogen) atoms. The Balaban J connectivity index is 2.54. The van der Waals surface area contributed by atoms with Crippen molar-refractivity contribution in [2.24, 2.45) is 0 Å². The van der Waals surface area contributed by atoms with Crippen molar-refractivity contribution in [2.45, 2.75) is 20.4 Å². The standard InChI is InChI=1S/C14H14N2O4/c1-7-12(18)9-4-5-15-10(6-16-8(2)17)11(9)13(19)14(7)20-3/h4-5H,6H2,1-3H3,(H,16,17). The van der Waals surface area contributed by atoms with E-state index < -0.39 is 0 Å². The van der Waals surface area contributed by atoms with Crippen LogP contribution in [0.25, 0.3) is 0 Å². The largest absolute Gasteiger partial charge is 0.492 e. The highest BCUT2D eigenvalue weighted by Gasteiger charge is 2.33. The number of amides is 1. The summed E-state index contributed by atoms with van der Waals surface area (Å²) in [5.74, 6) is -0.853. The smallest absolute Gasteiger partial charge is 0.230 e. The number of allylic oxidation sites excluding steroid dienone is 2. The Morgan fingerprint density at radius 3 is 2.65 bits per heavy atom. The first kappa shape index (κ1) is 13.9. The molecule has 0 atom stereocenters. The predicted octanol–water partition coefficient (Wildman–Crippen LogP) is 1.02. The van der Waals surface area contributed by atoms with Crippen molar-refractivity contribution in [3.8, 4) is 0 Å². The van der Waals surface area contributed by atoms with Crippen LogP contribution in [-0.2, 0) is 16.1 Å². The van der Waals surface area contributed by atoms with Crippen LogP contribution in [0.3, 0.4) is 0 Å². The van der Waals surface area contributed by atoms with Gasteiger partial charge in [-0.25, -0.2) is 0 Å². The number of Topliss-reactive ketones (excluding diaryl/α,β-unsaturated/α-hetero) is 2. The van der Waals surface area contributed by atoms with Gasteiger partial charge in [0, 0.05) is 24.3 Å². The molecular weight excluding hydrogens is 260 g/mol. The minimum absolute atomic E-state index is 0.0274. The maximum absolute atomic E-state index is 12.4. The molecule has 1 aliphatic rings. The number of ketones is 2. The Hall–Kier alpha value is -2.50. The third-order valence-corrected chi connectivity index (χ3v) is 3.10. The molecule has 0 unspecified atom stereocenters. The minimum Gasteiger partial charge on any atom is -0.492 e. The van der Waals surface area contributed by atoms with E-state index in [4.69, 9.17) is 4.74 Å². The highest BCUT2D eigenvalue weighted by Crippen LogP contribution is 2.27. The van der Waals surface area contributed by atoms with Gasteiger partial charge in [-0.05, 0) is 13.0 Å². The number of hydrogen-bond donors (Lipinski definition) is 1. The van der Waals surface area contributed by atoms with Gasteiger partial charge >= 0.3 is 0 Å². The number of methoxy groups -OCH3 is 1. The van der Waals surface area contributed by atoms with Crippen LogP contribution in [0.2, 0.25) is 0 Å². The molecule has 104 valence electrons. The third-order valence-electron chi connectivity index (χ3n) is 3.10. The molecule has 6 heteroatoms. The van der Waals surface area contributed by atoms with E-state index in [2.05, 4.69) is 10.3 Å². The zero-order chi connectivity index (χ0) is 14.9. The number of pyridine rings is 1. The van der Waals surface area contributed by atoms with E-state index in [1.54, 1.807) is 6.92 Å². The van der Waals surface area contributed by atoms with Crippen LogP contribution in [-0.4, -0.2) is 29.6 Å². The van der Waals surface area contributed by atoms with Crippen LogP contribution in [0, 0.1) is 0 Å². The molecule has 1 N–H and O–H groups in total. The number of nitrogens with one attached hydrogen (secondary N) is 1. The molecular formula is C14H14N2O4. The lowest BCUT2D eigenvalue weighted by molar-refractivity contribution is -0.119. The number of rotatable bonds is 3. The summed E-state index contributed by atoms with van der Waals surface area (Å²) in [6.45, 7) is 3.01. The first-order chi connectivity index (χ1) is 9.47. The fraction of sp³-hybridized carbons (Fsp3) is 0.286. The van der Waals surface area contributed by atoms with Crippen molar-refractivity contribution >= 4 is 17.5 Å². The molecule has 1 amide bonds. The summed E-state index contributed by atoms with van der Waals surface area (Å²) in [6.07, 6.45) is 1.45. The zero-order valence-electron chi connectivity index (χ0n) is 11.4. The SMILES string of the molecule is COC1=C(C)C(=O)c2ccnc(CNC(C)=O)c2C1=O. The molecule has 1 aromatic heterocycles. The monoisotopic (exact) mass is 274 g/mol. The van der Waals surface area contributed by atoms with Gasteiger partial charge in [-0.3, -0.25) is 19.4 Å². The van der Waals surface area contributed by atoms with Gasteiger partial charge in [0.05, 0.1) is 24.9 Å². The molecule has 0 aromatic carbocycles. The highest BCUT2D eigenvalue weighted by atomic mass is 16.5. The van der Waals surface area contributed by atoms with E-state index in [1.807, 2.05) is 0 Å². The van der Waals surface area contributed by atoms with Crippen molar-refractivity contribution in [3.63, 3.8) is 0 Å². The molecule has 0 fully saturated rings. The number of hydrogen-bond acceptors (Lipinski definition) is 5. The summed E-state index contributed by atoms with van der Waals surface area (Å²) in [7, 11) is 1.35. The van der Waals surface area contributed by atoms with Crippen molar-refractivity contribution in [1.29, 1.82) is 0 Å². The molecule has 0 spiro atoms. The van der Waals surface area contributed by atoms with Crippen molar-refractivity contribution in [1.82, 2.24) is 10.3 Å². The third kappa shape index (κ3) is 2.20. The number of aromatic nitrogens is 1. The lowest BCUT2D eigenvalue weighted by Crippen LogP contribution is -2.27. The quantitative estimate of drug-likeness (QED) is 0.889. The number of ether oxygens (including phenoxy) is 1. The summed E-state index contributed by atoms with van der Waals surface area (Å²) in [5.41, 5.74) is 1.14. The van der Waals surface area contributed by atoms with E-state index in [0.717, 1.165) is 0 Å². The van der Waals surface area contributed by atoms with Crippen LogP contribution in [0.4, 0.5) is 0 Å². The second-order valence-corrected chi connectivity index (χ2v) is 4.41. The second-order valence-electron chi connectivity index (χ2n) is 4.41. The van der Waals surface area contributed by atoms with Gasteiger partial charge < -0.3 is 10.1 Å². The molecule has 1 aliphatic carbocycles. The molecule has 0 saturated carbocycles. The average Bonchev–Trinajstić information content (AvgIpc) is 2.43. The van der Waals surface area contributed by atoms with Crippen molar-refractivity contribution in [2.75, 3.05) is 7.11 Å². The Kier molecular flexibility index (Phi) is 3.65. The zero-order valence-corrected chi connectivity index (χ0v) is 11.4. The fourth-order valence-electron chi connectivity index (χ4n) is 2.12. The van der Waals surface area contributed by atoms with E-state index >= 15 is 0 Å². The van der Waals surface area contributed by atoms with Crippen LogP contribution in [0.15, 0.2) is 23.6 Å². The molecule has 2 rings (SSSR count). The van der Waals surface area contributed by atoms with Crippen molar-refractivity contribution < 1.29 is 19.1 Å². The molecule has 0 bridgehead atoms. The van der Waals surface area contributed by atoms with Crippen LogP contribution < -0.4 is 5.32 Å². The maximum Gasteiger partial charge on any atom is 0.230 e. The van der Waals surface area contributed by atoms with Crippen LogP contribution in [0.1, 0.15) is 40.3 Å². The molecule has 0 aliphatic heterocycles. The predicted molar refractivity (Wildman–Crippen MR) is 70.1 cm³/mol. The Morgan fingerprint density at radius 1 is 1.35 bits per heavy atom. The first-order valence-corrected chi connectivity index (χ1v) is 6.04. The average molecular weight is 274 g/mol. The van der Waals surface area contributed by atoms with Crippen molar-refractivity contribution in [3.05, 3.63) is 40.4 Å². The summed E-state index contributed by atoms with van der Waals surface area (Å²) in [6, 6.07) is 1.50. The topological polar surface area (TPSA) is 85.4 Å². The van der Waals surface area contributed by atoms with Gasteiger partial charge in [-0.1, -0.05) is 0 Å². The molecule has 0 saturated heterocycles. The lowest BCUT2D eigenvalue weighted by Gasteiger charge is -2.19. The first-order valence-electron chi connectivity index (χ1n) is 6.04. The summed E-state index contributed by atoms with van der Waals surface area (Å²) >= 11 is 0. The number of carbonyl (C=O) groups is 3. The number of nitrogens with zero attached hydrogens (tertiary/aromatic N) is 1. The van der Waals surface area contributed by atoms with Gasteiger partial charge in [0.25, 0.3) is 0 Å². The summed E-state index contributed by atoms with van der Waals surface area (Å²) in [4.78, 5) is 39.7. The minimum atomic E-state index is -0.381. The summed E-state index contributed by atoms with van der Waals surface area (Å²) < 4.78 is 5.02. The van der Waals surface area contributed by atoms with E-state index in [0.29, 0.717) is 11.3 Å². The number of carbonyl (C=O) groups excluding carboxylic acids is 3. The van der Waals surface area contributed by atoms with Crippen LogP contribution >= 0.6 is 0 Å².